The van der Waals surface area contributed by atoms with Crippen LogP contribution in [0.4, 0.5) is 14.5 Å². The van der Waals surface area contributed by atoms with Crippen molar-refractivity contribution in [3.8, 4) is 11.1 Å². The molecule has 0 aromatic heterocycles. The number of rotatable bonds is 4. The molecule has 0 spiro atoms. The van der Waals surface area contributed by atoms with Crippen molar-refractivity contribution in [2.75, 3.05) is 0 Å². The number of benzene rings is 3. The maximum Gasteiger partial charge on any atom is 0.256 e. The third kappa shape index (κ3) is 3.75. The molecule has 0 saturated heterocycles. The van der Waals surface area contributed by atoms with Gasteiger partial charge in [0, 0.05) is 0 Å². The standard InChI is InChI=1S/C22H17F2N/c1-15(17-6-4-3-5-7-17)12-16-8-10-18(11-9-16)19-13-20(23)22(25-2)21(24)14-19/h3-11,13-15H,12H2,1H3. The van der Waals surface area contributed by atoms with E-state index >= 15 is 0 Å². The van der Waals surface area contributed by atoms with Gasteiger partial charge in [-0.3, -0.25) is 0 Å². The Balaban J connectivity index is 1.80. The maximum atomic E-state index is 13.8. The molecule has 0 fully saturated rings. The van der Waals surface area contributed by atoms with Crippen LogP contribution < -0.4 is 0 Å². The Kier molecular flexibility index (Phi) is 4.90. The van der Waals surface area contributed by atoms with Crippen molar-refractivity contribution < 1.29 is 8.78 Å². The Morgan fingerprint density at radius 3 is 2.04 bits per heavy atom. The van der Waals surface area contributed by atoms with Gasteiger partial charge < -0.3 is 0 Å². The molecule has 0 radical (unpaired) electrons. The van der Waals surface area contributed by atoms with Gasteiger partial charge in [-0.2, -0.15) is 0 Å². The molecule has 0 amide bonds. The third-order valence-electron chi connectivity index (χ3n) is 4.33. The smallest absolute Gasteiger partial charge is 0.232 e. The van der Waals surface area contributed by atoms with Crippen molar-refractivity contribution in [3.05, 3.63) is 101 Å². The van der Waals surface area contributed by atoms with E-state index in [-0.39, 0.29) is 0 Å². The fourth-order valence-electron chi connectivity index (χ4n) is 2.93. The minimum atomic E-state index is -0.827. The largest absolute Gasteiger partial charge is 0.256 e. The van der Waals surface area contributed by atoms with Gasteiger partial charge in [-0.15, -0.1) is 0 Å². The highest BCUT2D eigenvalue weighted by atomic mass is 19.1. The summed E-state index contributed by atoms with van der Waals surface area (Å²) < 4.78 is 27.6. The van der Waals surface area contributed by atoms with Crippen molar-refractivity contribution in [1.29, 1.82) is 0 Å². The molecule has 1 atom stereocenters. The van der Waals surface area contributed by atoms with E-state index in [1.807, 2.05) is 42.5 Å². The highest BCUT2D eigenvalue weighted by Crippen LogP contribution is 2.30. The summed E-state index contributed by atoms with van der Waals surface area (Å²) in [5.74, 6) is -1.27. The topological polar surface area (TPSA) is 4.36 Å². The van der Waals surface area contributed by atoms with Gasteiger partial charge in [-0.1, -0.05) is 61.5 Å². The zero-order valence-electron chi connectivity index (χ0n) is 13.8. The van der Waals surface area contributed by atoms with Crippen molar-refractivity contribution in [2.45, 2.75) is 19.3 Å². The molecular formula is C22H17F2N. The zero-order chi connectivity index (χ0) is 17.8. The van der Waals surface area contributed by atoms with Gasteiger partial charge in [0.25, 0.3) is 5.69 Å². The van der Waals surface area contributed by atoms with E-state index in [2.05, 4.69) is 23.9 Å². The fourth-order valence-corrected chi connectivity index (χ4v) is 2.93. The Morgan fingerprint density at radius 2 is 1.48 bits per heavy atom. The highest BCUT2D eigenvalue weighted by molar-refractivity contribution is 5.67. The normalized spacial score (nSPS) is 11.8. The molecule has 3 aromatic carbocycles. The van der Waals surface area contributed by atoms with E-state index in [1.165, 1.54) is 23.3 Å². The zero-order valence-corrected chi connectivity index (χ0v) is 13.8. The molecule has 3 heteroatoms. The number of hydrogen-bond donors (Lipinski definition) is 0. The second-order valence-electron chi connectivity index (χ2n) is 6.11. The number of nitrogens with zero attached hydrogens (tertiary/aromatic N) is 1. The van der Waals surface area contributed by atoms with Gasteiger partial charge in [-0.05, 0) is 46.7 Å². The summed E-state index contributed by atoms with van der Waals surface area (Å²) >= 11 is 0. The van der Waals surface area contributed by atoms with Crippen molar-refractivity contribution in [2.24, 2.45) is 0 Å². The van der Waals surface area contributed by atoms with E-state index < -0.39 is 17.3 Å². The molecule has 1 nitrogen and oxygen atoms in total. The predicted molar refractivity (Wildman–Crippen MR) is 96.6 cm³/mol. The molecule has 124 valence electrons. The van der Waals surface area contributed by atoms with Crippen molar-refractivity contribution in [3.63, 3.8) is 0 Å². The lowest BCUT2D eigenvalue weighted by molar-refractivity contribution is 0.594. The molecule has 25 heavy (non-hydrogen) atoms. The van der Waals surface area contributed by atoms with Crippen LogP contribution in [0.1, 0.15) is 24.0 Å². The van der Waals surface area contributed by atoms with Gasteiger partial charge in [-0.25, -0.2) is 13.6 Å². The highest BCUT2D eigenvalue weighted by Gasteiger charge is 2.12. The van der Waals surface area contributed by atoms with Crippen LogP contribution in [-0.2, 0) is 6.42 Å². The summed E-state index contributed by atoms with van der Waals surface area (Å²) in [6, 6.07) is 20.4. The SMILES string of the molecule is [C-]#[N+]c1c(F)cc(-c2ccc(CC(C)c3ccccc3)cc2)cc1F. The molecule has 1 unspecified atom stereocenters. The Hall–Kier alpha value is -2.99. The molecule has 0 heterocycles. The van der Waals surface area contributed by atoms with Gasteiger partial charge in [0.15, 0.2) is 0 Å². The van der Waals surface area contributed by atoms with Gasteiger partial charge in [0.05, 0.1) is 6.57 Å². The summed E-state index contributed by atoms with van der Waals surface area (Å²) in [6.45, 7) is 8.99. The Morgan fingerprint density at radius 1 is 0.880 bits per heavy atom. The molecule has 0 aliphatic carbocycles. The molecule has 3 aromatic rings. The molecule has 0 aliphatic rings. The summed E-state index contributed by atoms with van der Waals surface area (Å²) in [6.07, 6.45) is 0.893. The molecule has 3 rings (SSSR count). The van der Waals surface area contributed by atoms with Gasteiger partial charge >= 0.3 is 0 Å². The number of hydrogen-bond acceptors (Lipinski definition) is 0. The van der Waals surface area contributed by atoms with Gasteiger partial charge in [0.1, 0.15) is 11.6 Å². The maximum absolute atomic E-state index is 13.8. The van der Waals surface area contributed by atoms with Crippen LogP contribution >= 0.6 is 0 Å². The monoisotopic (exact) mass is 333 g/mol. The second kappa shape index (κ2) is 7.27. The molecule has 0 saturated carbocycles. The molecule has 0 aliphatic heterocycles. The van der Waals surface area contributed by atoms with Crippen molar-refractivity contribution >= 4 is 5.69 Å². The first-order chi connectivity index (χ1) is 12.1. The van der Waals surface area contributed by atoms with Crippen LogP contribution in [0.3, 0.4) is 0 Å². The van der Waals surface area contributed by atoms with Crippen LogP contribution in [-0.4, -0.2) is 0 Å². The minimum absolute atomic E-state index is 0.389. The lowest BCUT2D eigenvalue weighted by Gasteiger charge is -2.12. The van der Waals surface area contributed by atoms with Crippen LogP contribution in [0.5, 0.6) is 0 Å². The van der Waals surface area contributed by atoms with E-state index in [4.69, 9.17) is 6.57 Å². The summed E-state index contributed by atoms with van der Waals surface area (Å²) in [5, 5.41) is 0. The van der Waals surface area contributed by atoms with E-state index in [0.29, 0.717) is 11.5 Å². The van der Waals surface area contributed by atoms with Crippen molar-refractivity contribution in [1.82, 2.24) is 0 Å². The average Bonchev–Trinajstić information content (AvgIpc) is 2.63. The minimum Gasteiger partial charge on any atom is -0.232 e. The second-order valence-corrected chi connectivity index (χ2v) is 6.11. The van der Waals surface area contributed by atoms with Crippen LogP contribution in [0.2, 0.25) is 0 Å². The Labute approximate surface area is 146 Å². The first-order valence-corrected chi connectivity index (χ1v) is 8.09. The quantitative estimate of drug-likeness (QED) is 0.478. The van der Waals surface area contributed by atoms with Crippen LogP contribution in [0, 0.1) is 18.2 Å². The average molecular weight is 333 g/mol. The molecular weight excluding hydrogens is 316 g/mol. The third-order valence-corrected chi connectivity index (χ3v) is 4.33. The van der Waals surface area contributed by atoms with Crippen LogP contribution in [0.15, 0.2) is 66.7 Å². The summed E-state index contributed by atoms with van der Waals surface area (Å²) in [5.41, 5.74) is 3.05. The molecule has 0 bridgehead atoms. The Bertz CT molecular complexity index is 886. The lowest BCUT2D eigenvalue weighted by Crippen LogP contribution is -1.98. The summed E-state index contributed by atoms with van der Waals surface area (Å²) in [4.78, 5) is 2.88. The number of halogens is 2. The lowest BCUT2D eigenvalue weighted by atomic mass is 9.93. The van der Waals surface area contributed by atoms with Gasteiger partial charge in [0.2, 0.25) is 0 Å². The molecule has 0 N–H and O–H groups in total. The fraction of sp³-hybridized carbons (Fsp3) is 0.136. The predicted octanol–water partition coefficient (Wildman–Crippen LogP) is 6.53. The first kappa shape index (κ1) is 16.9. The van der Waals surface area contributed by atoms with E-state index in [1.54, 1.807) is 0 Å². The first-order valence-electron chi connectivity index (χ1n) is 8.09. The summed E-state index contributed by atoms with van der Waals surface area (Å²) in [7, 11) is 0. The van der Waals surface area contributed by atoms with E-state index in [0.717, 1.165) is 12.0 Å². The van der Waals surface area contributed by atoms with E-state index in [9.17, 15) is 8.78 Å². The van der Waals surface area contributed by atoms with Crippen LogP contribution in [0.25, 0.3) is 16.0 Å².